The first-order chi connectivity index (χ1) is 13.8. The summed E-state index contributed by atoms with van der Waals surface area (Å²) in [6.07, 6.45) is -2.48. The second-order valence-corrected chi connectivity index (χ2v) is 7.51. The van der Waals surface area contributed by atoms with Gasteiger partial charge in [0.05, 0.1) is 5.57 Å². The van der Waals surface area contributed by atoms with Crippen LogP contribution in [0.25, 0.3) is 5.57 Å². The second kappa shape index (κ2) is 8.73. The van der Waals surface area contributed by atoms with E-state index in [1.165, 1.54) is 19.9 Å². The monoisotopic (exact) mass is 418 g/mol. The average Bonchev–Trinajstić information content (AvgIpc) is 2.83. The van der Waals surface area contributed by atoms with Gasteiger partial charge in [0.1, 0.15) is 0 Å². The van der Waals surface area contributed by atoms with Crippen molar-refractivity contribution in [2.75, 3.05) is 0 Å². The molecule has 1 aromatic rings. The molecule has 0 saturated carbocycles. The summed E-state index contributed by atoms with van der Waals surface area (Å²) in [5.41, 5.74) is 3.79. The number of alkyl halides is 3. The maximum Gasteiger partial charge on any atom is 0.416 e. The molecule has 4 nitrogen and oxygen atoms in total. The second-order valence-electron chi connectivity index (χ2n) is 7.51. The molecule has 0 fully saturated rings. The first-order valence-corrected chi connectivity index (χ1v) is 9.42. The number of hydrazine groups is 1. The molecular weight excluding hydrogens is 393 g/mol. The molecule has 0 saturated heterocycles. The Morgan fingerprint density at radius 1 is 1.00 bits per heavy atom. The lowest BCUT2D eigenvalue weighted by Crippen LogP contribution is -2.44. The van der Waals surface area contributed by atoms with Crippen molar-refractivity contribution in [3.05, 3.63) is 76.5 Å². The van der Waals surface area contributed by atoms with E-state index in [1.807, 2.05) is 6.92 Å². The maximum atomic E-state index is 13.7. The van der Waals surface area contributed by atoms with Crippen LogP contribution in [0.4, 0.5) is 13.2 Å². The Kier molecular flexibility index (Phi) is 6.75. The number of halogens is 3. The van der Waals surface area contributed by atoms with Crippen molar-refractivity contribution in [3.8, 4) is 0 Å². The summed E-state index contributed by atoms with van der Waals surface area (Å²) in [6, 6.07) is 6.60. The summed E-state index contributed by atoms with van der Waals surface area (Å²) < 4.78 is 41.1. The SMILES string of the molecule is C=C(/C(=C\C=C(\NN1C(=O)C(C)=C(C)C1=O)C(C)C)C(F)(F)F)c1ccc(C)cc1. The van der Waals surface area contributed by atoms with Gasteiger partial charge in [0, 0.05) is 16.8 Å². The molecule has 0 bridgehead atoms. The zero-order valence-electron chi connectivity index (χ0n) is 17.6. The summed E-state index contributed by atoms with van der Waals surface area (Å²) in [4.78, 5) is 24.5. The highest BCUT2D eigenvalue weighted by atomic mass is 19.4. The summed E-state index contributed by atoms with van der Waals surface area (Å²) in [7, 11) is 0. The molecule has 1 aromatic carbocycles. The minimum absolute atomic E-state index is 0.163. The number of imide groups is 1. The first kappa shape index (κ1) is 23.2. The third-order valence-electron chi connectivity index (χ3n) is 4.93. The smallest absolute Gasteiger partial charge is 0.292 e. The number of carbonyl (C=O) groups excluding carboxylic acids is 2. The van der Waals surface area contributed by atoms with Crippen molar-refractivity contribution in [2.45, 2.75) is 40.8 Å². The highest BCUT2D eigenvalue weighted by molar-refractivity contribution is 6.18. The van der Waals surface area contributed by atoms with Crippen molar-refractivity contribution < 1.29 is 22.8 Å². The van der Waals surface area contributed by atoms with Crippen LogP contribution in [0.2, 0.25) is 0 Å². The van der Waals surface area contributed by atoms with E-state index in [-0.39, 0.29) is 17.2 Å². The van der Waals surface area contributed by atoms with Gasteiger partial charge in [-0.3, -0.25) is 15.0 Å². The van der Waals surface area contributed by atoms with Gasteiger partial charge < -0.3 is 0 Å². The standard InChI is InChI=1S/C23H25F3N2O2/c1-13(2)20(27-28-21(29)15(4)16(5)22(28)30)12-11-19(23(24,25)26)17(6)18-9-7-14(3)8-10-18/h7-13,27H,6H2,1-5H3/b19-11+,20-12+. The largest absolute Gasteiger partial charge is 0.416 e. The minimum Gasteiger partial charge on any atom is -0.292 e. The molecule has 7 heteroatoms. The molecule has 0 aliphatic carbocycles. The van der Waals surface area contributed by atoms with Gasteiger partial charge in [0.25, 0.3) is 11.8 Å². The van der Waals surface area contributed by atoms with E-state index < -0.39 is 23.6 Å². The number of allylic oxidation sites excluding steroid dienone is 5. The minimum atomic E-state index is -4.63. The lowest BCUT2D eigenvalue weighted by molar-refractivity contribution is -0.140. The molecule has 2 rings (SSSR count). The van der Waals surface area contributed by atoms with E-state index >= 15 is 0 Å². The van der Waals surface area contributed by atoms with E-state index in [4.69, 9.17) is 0 Å². The van der Waals surface area contributed by atoms with Crippen LogP contribution in [-0.4, -0.2) is 23.0 Å². The van der Waals surface area contributed by atoms with Gasteiger partial charge in [0.15, 0.2) is 0 Å². The predicted octanol–water partition coefficient (Wildman–Crippen LogP) is 5.25. The van der Waals surface area contributed by atoms with Gasteiger partial charge >= 0.3 is 6.18 Å². The van der Waals surface area contributed by atoms with E-state index in [0.29, 0.717) is 16.7 Å². The average molecular weight is 418 g/mol. The fourth-order valence-corrected chi connectivity index (χ4v) is 2.79. The van der Waals surface area contributed by atoms with Gasteiger partial charge in [-0.1, -0.05) is 50.3 Å². The Bertz CT molecular complexity index is 941. The highest BCUT2D eigenvalue weighted by Crippen LogP contribution is 2.36. The number of carbonyl (C=O) groups is 2. The van der Waals surface area contributed by atoms with Gasteiger partial charge in [-0.25, -0.2) is 0 Å². The third-order valence-corrected chi connectivity index (χ3v) is 4.93. The number of nitrogens with one attached hydrogen (secondary N) is 1. The molecule has 1 N–H and O–H groups in total. The summed E-state index contributed by atoms with van der Waals surface area (Å²) in [6.45, 7) is 12.0. The van der Waals surface area contributed by atoms with Crippen LogP contribution < -0.4 is 5.43 Å². The molecule has 2 amide bonds. The van der Waals surface area contributed by atoms with E-state index in [9.17, 15) is 22.8 Å². The number of rotatable bonds is 6. The number of benzene rings is 1. The van der Waals surface area contributed by atoms with E-state index in [0.717, 1.165) is 16.6 Å². The van der Waals surface area contributed by atoms with Crippen molar-refractivity contribution in [1.82, 2.24) is 10.4 Å². The molecule has 1 heterocycles. The molecule has 0 radical (unpaired) electrons. The molecule has 30 heavy (non-hydrogen) atoms. The van der Waals surface area contributed by atoms with Crippen LogP contribution in [-0.2, 0) is 9.59 Å². The maximum absolute atomic E-state index is 13.7. The Morgan fingerprint density at radius 2 is 1.50 bits per heavy atom. The Balaban J connectivity index is 2.40. The number of hydrogen-bond donors (Lipinski definition) is 1. The molecule has 0 spiro atoms. The number of amides is 2. The van der Waals surface area contributed by atoms with Crippen LogP contribution in [0.1, 0.15) is 38.8 Å². The summed E-state index contributed by atoms with van der Waals surface area (Å²) in [5.74, 6) is -1.31. The lowest BCUT2D eigenvalue weighted by Gasteiger charge is -2.22. The topological polar surface area (TPSA) is 49.4 Å². The van der Waals surface area contributed by atoms with Crippen LogP contribution >= 0.6 is 0 Å². The molecule has 0 atom stereocenters. The number of hydrogen-bond acceptors (Lipinski definition) is 3. The molecular formula is C23H25F3N2O2. The fraction of sp³-hybridized carbons (Fsp3) is 0.304. The summed E-state index contributed by atoms with van der Waals surface area (Å²) >= 11 is 0. The fourth-order valence-electron chi connectivity index (χ4n) is 2.79. The van der Waals surface area contributed by atoms with Gasteiger partial charge in [-0.2, -0.15) is 18.2 Å². The van der Waals surface area contributed by atoms with Crippen LogP contribution in [0.15, 0.2) is 65.4 Å². The normalized spacial score (nSPS) is 16.1. The van der Waals surface area contributed by atoms with Gasteiger partial charge in [0.2, 0.25) is 0 Å². The molecule has 1 aliphatic heterocycles. The van der Waals surface area contributed by atoms with Crippen molar-refractivity contribution in [2.24, 2.45) is 5.92 Å². The zero-order valence-corrected chi connectivity index (χ0v) is 17.6. The highest BCUT2D eigenvalue weighted by Gasteiger charge is 2.36. The van der Waals surface area contributed by atoms with Crippen LogP contribution in [0.5, 0.6) is 0 Å². The van der Waals surface area contributed by atoms with Gasteiger partial charge in [-0.05, 0) is 50.0 Å². The molecule has 0 unspecified atom stereocenters. The van der Waals surface area contributed by atoms with Gasteiger partial charge in [-0.15, -0.1) is 0 Å². The quantitative estimate of drug-likeness (QED) is 0.507. The van der Waals surface area contributed by atoms with Crippen LogP contribution in [0.3, 0.4) is 0 Å². The molecule has 160 valence electrons. The molecule has 0 aromatic heterocycles. The summed E-state index contributed by atoms with van der Waals surface area (Å²) in [5, 5.41) is 0.826. The molecule has 1 aliphatic rings. The van der Waals surface area contributed by atoms with Crippen LogP contribution in [0, 0.1) is 12.8 Å². The Labute approximate surface area is 174 Å². The lowest BCUT2D eigenvalue weighted by atomic mass is 9.97. The Hall–Kier alpha value is -3.09. The van der Waals surface area contributed by atoms with Crippen molar-refractivity contribution >= 4 is 17.4 Å². The van der Waals surface area contributed by atoms with E-state index in [1.54, 1.807) is 38.1 Å². The third kappa shape index (κ3) is 4.90. The number of nitrogens with zero attached hydrogens (tertiary/aromatic N) is 1. The first-order valence-electron chi connectivity index (χ1n) is 9.42. The van der Waals surface area contributed by atoms with E-state index in [2.05, 4.69) is 12.0 Å². The predicted molar refractivity (Wildman–Crippen MR) is 111 cm³/mol. The number of aryl methyl sites for hydroxylation is 1. The van der Waals surface area contributed by atoms with Crippen molar-refractivity contribution in [3.63, 3.8) is 0 Å². The van der Waals surface area contributed by atoms with Crippen molar-refractivity contribution in [1.29, 1.82) is 0 Å². The zero-order chi connectivity index (χ0) is 22.8. The Morgan fingerprint density at radius 3 is 1.93 bits per heavy atom.